The van der Waals surface area contributed by atoms with Crippen LogP contribution in [0.5, 0.6) is 0 Å². The van der Waals surface area contributed by atoms with Gasteiger partial charge in [0.1, 0.15) is 0 Å². The molecule has 124 valence electrons. The number of nitrogens with zero attached hydrogens (tertiary/aromatic N) is 2. The number of piperazine rings is 1. The number of anilines is 2. The van der Waals surface area contributed by atoms with E-state index in [1.165, 1.54) is 5.69 Å². The molecule has 0 unspecified atom stereocenters. The number of carbonyl (C=O) groups is 1. The summed E-state index contributed by atoms with van der Waals surface area (Å²) < 4.78 is 0. The SMILES string of the molecule is CCN1CCN(c2ccc(NC(=O)C[C@@H]3C=CCC3)cc2)CC1. The second-order valence-electron chi connectivity index (χ2n) is 6.49. The summed E-state index contributed by atoms with van der Waals surface area (Å²) in [4.78, 5) is 17.0. The maximum absolute atomic E-state index is 12.1. The highest BCUT2D eigenvalue weighted by Gasteiger charge is 2.16. The number of hydrogen-bond donors (Lipinski definition) is 1. The lowest BCUT2D eigenvalue weighted by atomic mass is 10.1. The highest BCUT2D eigenvalue weighted by atomic mass is 16.1. The van der Waals surface area contributed by atoms with Crippen LogP contribution in [0.2, 0.25) is 0 Å². The highest BCUT2D eigenvalue weighted by molar-refractivity contribution is 5.91. The molecule has 23 heavy (non-hydrogen) atoms. The Balaban J connectivity index is 1.50. The number of rotatable bonds is 5. The smallest absolute Gasteiger partial charge is 0.224 e. The quantitative estimate of drug-likeness (QED) is 0.848. The Morgan fingerprint density at radius 3 is 2.52 bits per heavy atom. The summed E-state index contributed by atoms with van der Waals surface area (Å²) in [5.74, 6) is 0.537. The van der Waals surface area contributed by atoms with Gasteiger partial charge in [0.2, 0.25) is 5.91 Å². The van der Waals surface area contributed by atoms with E-state index in [9.17, 15) is 4.79 Å². The summed E-state index contributed by atoms with van der Waals surface area (Å²) in [6, 6.07) is 8.27. The Bertz CT molecular complexity index is 544. The van der Waals surface area contributed by atoms with Crippen molar-refractivity contribution in [1.82, 2.24) is 4.90 Å². The van der Waals surface area contributed by atoms with E-state index < -0.39 is 0 Å². The molecule has 1 aromatic carbocycles. The van der Waals surface area contributed by atoms with E-state index in [1.807, 2.05) is 12.1 Å². The van der Waals surface area contributed by atoms with Gasteiger partial charge in [-0.1, -0.05) is 19.1 Å². The molecule has 0 aromatic heterocycles. The molecule has 0 radical (unpaired) electrons. The summed E-state index contributed by atoms with van der Waals surface area (Å²) in [7, 11) is 0. The van der Waals surface area contributed by atoms with Crippen molar-refractivity contribution in [3.05, 3.63) is 36.4 Å². The minimum Gasteiger partial charge on any atom is -0.369 e. The van der Waals surface area contributed by atoms with Crippen LogP contribution in [0.3, 0.4) is 0 Å². The molecule has 1 amide bonds. The first-order chi connectivity index (χ1) is 11.2. The summed E-state index contributed by atoms with van der Waals surface area (Å²) in [5.41, 5.74) is 2.14. The molecule has 4 heteroatoms. The molecule has 1 atom stereocenters. The van der Waals surface area contributed by atoms with Crippen LogP contribution in [0.15, 0.2) is 36.4 Å². The second-order valence-corrected chi connectivity index (χ2v) is 6.49. The van der Waals surface area contributed by atoms with Crippen molar-refractivity contribution < 1.29 is 4.79 Å². The number of amides is 1. The lowest BCUT2D eigenvalue weighted by Crippen LogP contribution is -2.46. The predicted molar refractivity (Wildman–Crippen MR) is 95.9 cm³/mol. The van der Waals surface area contributed by atoms with Crippen molar-refractivity contribution in [2.75, 3.05) is 42.9 Å². The first kappa shape index (κ1) is 16.1. The van der Waals surface area contributed by atoms with Crippen LogP contribution in [-0.4, -0.2) is 43.5 Å². The molecule has 1 aromatic rings. The van der Waals surface area contributed by atoms with Crippen molar-refractivity contribution in [3.8, 4) is 0 Å². The normalized spacial score (nSPS) is 21.6. The molecule has 1 fully saturated rings. The third kappa shape index (κ3) is 4.35. The van der Waals surface area contributed by atoms with Crippen LogP contribution in [-0.2, 0) is 4.79 Å². The predicted octanol–water partition coefficient (Wildman–Crippen LogP) is 3.12. The van der Waals surface area contributed by atoms with Gasteiger partial charge in [-0.2, -0.15) is 0 Å². The van der Waals surface area contributed by atoms with Crippen molar-refractivity contribution in [1.29, 1.82) is 0 Å². The average molecular weight is 313 g/mol. The van der Waals surface area contributed by atoms with Crippen LogP contribution in [0.4, 0.5) is 11.4 Å². The molecule has 1 N–H and O–H groups in total. The molecule has 1 saturated heterocycles. The Kier molecular flexibility index (Phi) is 5.34. The minimum absolute atomic E-state index is 0.117. The van der Waals surface area contributed by atoms with Gasteiger partial charge >= 0.3 is 0 Å². The van der Waals surface area contributed by atoms with Crippen LogP contribution in [0.1, 0.15) is 26.2 Å². The fourth-order valence-electron chi connectivity index (χ4n) is 3.39. The molecule has 1 heterocycles. The lowest BCUT2D eigenvalue weighted by Gasteiger charge is -2.35. The monoisotopic (exact) mass is 313 g/mol. The molecular formula is C19H27N3O. The standard InChI is InChI=1S/C19H27N3O/c1-2-21-11-13-22(14-12-21)18-9-7-17(8-10-18)20-19(23)15-16-5-3-4-6-16/h3,5,7-10,16H,2,4,6,11-15H2,1H3,(H,20,23)/t16-/m1/s1. The van der Waals surface area contributed by atoms with Gasteiger partial charge in [-0.05, 0) is 49.6 Å². The van der Waals surface area contributed by atoms with Gasteiger partial charge in [0, 0.05) is 44.0 Å². The number of benzene rings is 1. The zero-order valence-corrected chi connectivity index (χ0v) is 14.0. The van der Waals surface area contributed by atoms with Crippen LogP contribution >= 0.6 is 0 Å². The van der Waals surface area contributed by atoms with Crippen molar-refractivity contribution >= 4 is 17.3 Å². The molecule has 2 aliphatic rings. The van der Waals surface area contributed by atoms with Crippen molar-refractivity contribution in [3.63, 3.8) is 0 Å². The molecule has 4 nitrogen and oxygen atoms in total. The van der Waals surface area contributed by atoms with E-state index in [2.05, 4.69) is 46.3 Å². The maximum Gasteiger partial charge on any atom is 0.224 e. The third-order valence-electron chi connectivity index (χ3n) is 4.90. The minimum atomic E-state index is 0.117. The largest absolute Gasteiger partial charge is 0.369 e. The fourth-order valence-corrected chi connectivity index (χ4v) is 3.39. The number of likely N-dealkylation sites (N-methyl/N-ethyl adjacent to an activating group) is 1. The zero-order valence-electron chi connectivity index (χ0n) is 14.0. The van der Waals surface area contributed by atoms with Gasteiger partial charge < -0.3 is 15.1 Å². The molecule has 1 aliphatic heterocycles. The Morgan fingerprint density at radius 2 is 1.91 bits per heavy atom. The summed E-state index contributed by atoms with van der Waals surface area (Å²) in [6.45, 7) is 7.76. The fraction of sp³-hybridized carbons (Fsp3) is 0.526. The first-order valence-electron chi connectivity index (χ1n) is 8.78. The van der Waals surface area contributed by atoms with E-state index in [-0.39, 0.29) is 5.91 Å². The van der Waals surface area contributed by atoms with Crippen LogP contribution in [0, 0.1) is 5.92 Å². The number of nitrogens with one attached hydrogen (secondary N) is 1. The molecule has 0 spiro atoms. The average Bonchev–Trinajstić information content (AvgIpc) is 3.08. The Labute approximate surface area is 139 Å². The van der Waals surface area contributed by atoms with Crippen LogP contribution < -0.4 is 10.2 Å². The maximum atomic E-state index is 12.1. The Hall–Kier alpha value is -1.81. The Morgan fingerprint density at radius 1 is 1.17 bits per heavy atom. The molecule has 0 bridgehead atoms. The van der Waals surface area contributed by atoms with E-state index in [1.54, 1.807) is 0 Å². The topological polar surface area (TPSA) is 35.6 Å². The van der Waals surface area contributed by atoms with E-state index in [0.717, 1.165) is 51.3 Å². The van der Waals surface area contributed by atoms with E-state index in [0.29, 0.717) is 12.3 Å². The number of hydrogen-bond acceptors (Lipinski definition) is 3. The number of allylic oxidation sites excluding steroid dienone is 2. The van der Waals surface area contributed by atoms with Crippen molar-refractivity contribution in [2.45, 2.75) is 26.2 Å². The lowest BCUT2D eigenvalue weighted by molar-refractivity contribution is -0.116. The highest BCUT2D eigenvalue weighted by Crippen LogP contribution is 2.22. The van der Waals surface area contributed by atoms with Gasteiger partial charge in [0.05, 0.1) is 0 Å². The molecule has 0 saturated carbocycles. The first-order valence-corrected chi connectivity index (χ1v) is 8.78. The van der Waals surface area contributed by atoms with E-state index >= 15 is 0 Å². The summed E-state index contributed by atoms with van der Waals surface area (Å²) in [6.07, 6.45) is 7.15. The van der Waals surface area contributed by atoms with Gasteiger partial charge in [-0.15, -0.1) is 0 Å². The van der Waals surface area contributed by atoms with E-state index in [4.69, 9.17) is 0 Å². The van der Waals surface area contributed by atoms with Crippen LogP contribution in [0.25, 0.3) is 0 Å². The summed E-state index contributed by atoms with van der Waals surface area (Å²) in [5, 5.41) is 3.02. The number of carbonyl (C=O) groups excluding carboxylic acids is 1. The summed E-state index contributed by atoms with van der Waals surface area (Å²) >= 11 is 0. The molecular weight excluding hydrogens is 286 g/mol. The van der Waals surface area contributed by atoms with Gasteiger partial charge in [0.25, 0.3) is 0 Å². The third-order valence-corrected chi connectivity index (χ3v) is 4.90. The van der Waals surface area contributed by atoms with Gasteiger partial charge in [-0.25, -0.2) is 0 Å². The van der Waals surface area contributed by atoms with Gasteiger partial charge in [0.15, 0.2) is 0 Å². The molecule has 3 rings (SSSR count). The zero-order chi connectivity index (χ0) is 16.1. The van der Waals surface area contributed by atoms with Crippen molar-refractivity contribution in [2.24, 2.45) is 5.92 Å². The van der Waals surface area contributed by atoms with Gasteiger partial charge in [-0.3, -0.25) is 4.79 Å². The second kappa shape index (κ2) is 7.64. The molecule has 1 aliphatic carbocycles.